The molecular formula is C21H31ClO5. The molecule has 0 aliphatic carbocycles. The molecule has 0 saturated heterocycles. The third-order valence-electron chi connectivity index (χ3n) is 4.37. The number of carbonyl (C=O) groups excluding carboxylic acids is 2. The molecule has 1 atom stereocenters. The molecule has 1 unspecified atom stereocenters. The van der Waals surface area contributed by atoms with Crippen LogP contribution >= 0.6 is 11.6 Å². The van der Waals surface area contributed by atoms with Gasteiger partial charge in [0.1, 0.15) is 0 Å². The number of aryl methyl sites for hydroxylation is 1. The zero-order chi connectivity index (χ0) is 20.1. The van der Waals surface area contributed by atoms with Crippen LogP contribution in [0.2, 0.25) is 5.02 Å². The van der Waals surface area contributed by atoms with Crippen molar-refractivity contribution in [1.29, 1.82) is 0 Å². The topological polar surface area (TPSA) is 72.8 Å². The summed E-state index contributed by atoms with van der Waals surface area (Å²) in [5, 5.41) is 11.3. The van der Waals surface area contributed by atoms with Gasteiger partial charge in [0, 0.05) is 5.02 Å². The van der Waals surface area contributed by atoms with Crippen LogP contribution in [0.15, 0.2) is 24.3 Å². The first-order chi connectivity index (χ1) is 12.9. The van der Waals surface area contributed by atoms with Crippen LogP contribution in [0, 0.1) is 0 Å². The Kier molecular flexibility index (Phi) is 11.1. The van der Waals surface area contributed by atoms with E-state index < -0.39 is 17.5 Å². The minimum absolute atomic E-state index is 0.161. The van der Waals surface area contributed by atoms with Crippen LogP contribution in [0.3, 0.4) is 0 Å². The Morgan fingerprint density at radius 1 is 0.963 bits per heavy atom. The molecule has 1 aromatic rings. The number of hydrogen-bond donors (Lipinski definition) is 1. The molecule has 152 valence electrons. The fourth-order valence-corrected chi connectivity index (χ4v) is 3.03. The van der Waals surface area contributed by atoms with E-state index in [1.807, 2.05) is 24.3 Å². The summed E-state index contributed by atoms with van der Waals surface area (Å²) in [5.41, 5.74) is -0.531. The van der Waals surface area contributed by atoms with Crippen molar-refractivity contribution >= 4 is 23.5 Å². The molecule has 0 fully saturated rings. The minimum atomic E-state index is -1.80. The molecule has 0 aromatic heterocycles. The molecule has 5 nitrogen and oxygen atoms in total. The molecule has 0 aliphatic heterocycles. The minimum Gasteiger partial charge on any atom is -0.466 e. The highest BCUT2D eigenvalue weighted by Crippen LogP contribution is 2.23. The molecule has 0 radical (unpaired) electrons. The first-order valence-corrected chi connectivity index (χ1v) is 10.1. The molecular weight excluding hydrogens is 368 g/mol. The summed E-state index contributed by atoms with van der Waals surface area (Å²) >= 11 is 5.88. The number of benzene rings is 1. The highest BCUT2D eigenvalue weighted by Gasteiger charge is 2.39. The van der Waals surface area contributed by atoms with Crippen molar-refractivity contribution in [3.63, 3.8) is 0 Å². The van der Waals surface area contributed by atoms with Gasteiger partial charge in [-0.25, -0.2) is 4.79 Å². The van der Waals surface area contributed by atoms with Gasteiger partial charge in [-0.05, 0) is 57.2 Å². The van der Waals surface area contributed by atoms with Gasteiger partial charge < -0.3 is 14.6 Å². The van der Waals surface area contributed by atoms with Crippen molar-refractivity contribution in [2.45, 2.75) is 70.8 Å². The second-order valence-corrected chi connectivity index (χ2v) is 7.06. The molecule has 0 saturated carbocycles. The van der Waals surface area contributed by atoms with Gasteiger partial charge in [0.05, 0.1) is 19.6 Å². The number of halogens is 1. The normalized spacial score (nSPS) is 13.0. The van der Waals surface area contributed by atoms with E-state index in [1.54, 1.807) is 13.8 Å². The van der Waals surface area contributed by atoms with Gasteiger partial charge in [-0.15, -0.1) is 0 Å². The predicted octanol–water partition coefficient (Wildman–Crippen LogP) is 4.47. The number of ether oxygens (including phenoxy) is 2. The van der Waals surface area contributed by atoms with Crippen LogP contribution in [0.4, 0.5) is 0 Å². The second-order valence-electron chi connectivity index (χ2n) is 6.63. The Hall–Kier alpha value is -1.59. The van der Waals surface area contributed by atoms with E-state index in [9.17, 15) is 14.7 Å². The van der Waals surface area contributed by atoms with E-state index in [1.165, 1.54) is 5.56 Å². The van der Waals surface area contributed by atoms with Crippen LogP contribution in [-0.4, -0.2) is 35.9 Å². The number of unbranched alkanes of at least 4 members (excludes halogenated alkanes) is 4. The molecule has 27 heavy (non-hydrogen) atoms. The molecule has 1 rings (SSSR count). The van der Waals surface area contributed by atoms with E-state index in [-0.39, 0.29) is 26.1 Å². The summed E-state index contributed by atoms with van der Waals surface area (Å²) < 4.78 is 9.79. The number of rotatable bonds is 13. The van der Waals surface area contributed by atoms with E-state index in [4.69, 9.17) is 21.1 Å². The van der Waals surface area contributed by atoms with Crippen LogP contribution < -0.4 is 0 Å². The van der Waals surface area contributed by atoms with Crippen LogP contribution in [0.1, 0.15) is 64.4 Å². The maximum absolute atomic E-state index is 12.1. The van der Waals surface area contributed by atoms with Crippen molar-refractivity contribution in [1.82, 2.24) is 0 Å². The van der Waals surface area contributed by atoms with Crippen LogP contribution in [0.5, 0.6) is 0 Å². The summed E-state index contributed by atoms with van der Waals surface area (Å²) in [6.45, 7) is 3.73. The quantitative estimate of drug-likeness (QED) is 0.392. The number of aliphatic hydroxyl groups is 1. The summed E-state index contributed by atoms with van der Waals surface area (Å²) in [6, 6.07) is 7.88. The standard InChI is InChI=1S/C21H31ClO5/c1-3-26-19(23)16-21(25,20(24)27-4-2)15-9-7-5-6-8-10-17-11-13-18(22)14-12-17/h11-14,25H,3-10,15-16H2,1-2H3. The Morgan fingerprint density at radius 2 is 1.56 bits per heavy atom. The maximum atomic E-state index is 12.1. The number of hydrogen-bond acceptors (Lipinski definition) is 5. The Labute approximate surface area is 167 Å². The molecule has 1 aromatic carbocycles. The highest BCUT2D eigenvalue weighted by atomic mass is 35.5. The lowest BCUT2D eigenvalue weighted by molar-refractivity contribution is -0.173. The van der Waals surface area contributed by atoms with E-state index in [0.717, 1.165) is 37.1 Å². The highest BCUT2D eigenvalue weighted by molar-refractivity contribution is 6.30. The average molecular weight is 399 g/mol. The molecule has 0 aliphatic rings. The first kappa shape index (κ1) is 23.4. The maximum Gasteiger partial charge on any atom is 0.338 e. The fraction of sp³-hybridized carbons (Fsp3) is 0.619. The van der Waals surface area contributed by atoms with Gasteiger partial charge in [-0.1, -0.05) is 43.0 Å². The zero-order valence-electron chi connectivity index (χ0n) is 16.3. The second kappa shape index (κ2) is 12.7. The lowest BCUT2D eigenvalue weighted by Gasteiger charge is -2.24. The van der Waals surface area contributed by atoms with Crippen molar-refractivity contribution in [2.24, 2.45) is 0 Å². The zero-order valence-corrected chi connectivity index (χ0v) is 17.1. The number of esters is 2. The van der Waals surface area contributed by atoms with Gasteiger partial charge in [0.15, 0.2) is 5.60 Å². The van der Waals surface area contributed by atoms with Gasteiger partial charge in [-0.3, -0.25) is 4.79 Å². The lowest BCUT2D eigenvalue weighted by Crippen LogP contribution is -2.42. The number of carbonyl (C=O) groups is 2. The SMILES string of the molecule is CCOC(=O)CC(O)(CCCCCCCc1ccc(Cl)cc1)C(=O)OCC. The first-order valence-electron chi connectivity index (χ1n) is 9.71. The third-order valence-corrected chi connectivity index (χ3v) is 4.62. The fourth-order valence-electron chi connectivity index (χ4n) is 2.91. The van der Waals surface area contributed by atoms with Gasteiger partial charge in [0.2, 0.25) is 0 Å². The average Bonchev–Trinajstić information content (AvgIpc) is 2.62. The molecule has 0 heterocycles. The lowest BCUT2D eigenvalue weighted by atomic mass is 9.92. The monoisotopic (exact) mass is 398 g/mol. The van der Waals surface area contributed by atoms with Gasteiger partial charge in [-0.2, -0.15) is 0 Å². The van der Waals surface area contributed by atoms with Crippen molar-refractivity contribution in [2.75, 3.05) is 13.2 Å². The Morgan fingerprint density at radius 3 is 2.19 bits per heavy atom. The Balaban J connectivity index is 2.32. The third kappa shape index (κ3) is 9.25. The van der Waals surface area contributed by atoms with Gasteiger partial charge >= 0.3 is 11.9 Å². The molecule has 0 amide bonds. The van der Waals surface area contributed by atoms with Crippen molar-refractivity contribution in [3.05, 3.63) is 34.9 Å². The predicted molar refractivity (Wildman–Crippen MR) is 106 cm³/mol. The summed E-state index contributed by atoms with van der Waals surface area (Å²) in [5.74, 6) is -1.34. The molecule has 6 heteroatoms. The van der Waals surface area contributed by atoms with E-state index >= 15 is 0 Å². The van der Waals surface area contributed by atoms with E-state index in [0.29, 0.717) is 6.42 Å². The summed E-state index contributed by atoms with van der Waals surface area (Å²) in [4.78, 5) is 23.8. The molecule has 0 spiro atoms. The summed E-state index contributed by atoms with van der Waals surface area (Å²) in [6.07, 6.45) is 5.52. The van der Waals surface area contributed by atoms with Crippen LogP contribution in [-0.2, 0) is 25.5 Å². The smallest absolute Gasteiger partial charge is 0.338 e. The summed E-state index contributed by atoms with van der Waals surface area (Å²) in [7, 11) is 0. The largest absolute Gasteiger partial charge is 0.466 e. The molecule has 1 N–H and O–H groups in total. The van der Waals surface area contributed by atoms with Crippen molar-refractivity contribution in [3.8, 4) is 0 Å². The van der Waals surface area contributed by atoms with Crippen LogP contribution in [0.25, 0.3) is 0 Å². The van der Waals surface area contributed by atoms with Crippen molar-refractivity contribution < 1.29 is 24.2 Å². The Bertz CT molecular complexity index is 572. The van der Waals surface area contributed by atoms with E-state index in [2.05, 4.69) is 0 Å². The van der Waals surface area contributed by atoms with Gasteiger partial charge in [0.25, 0.3) is 0 Å². The molecule has 0 bridgehead atoms.